The fourth-order valence-corrected chi connectivity index (χ4v) is 3.50. The van der Waals surface area contributed by atoms with E-state index in [-0.39, 0.29) is 24.7 Å². The number of carbonyl (C=O) groups is 1. The quantitative estimate of drug-likeness (QED) is 0.687. The maximum absolute atomic E-state index is 13.9. The Morgan fingerprint density at radius 1 is 1.27 bits per heavy atom. The second kappa shape index (κ2) is 8.95. The van der Waals surface area contributed by atoms with Crippen LogP contribution >= 0.6 is 0 Å². The molecule has 2 unspecified atom stereocenters. The molecule has 160 valence electrons. The summed E-state index contributed by atoms with van der Waals surface area (Å²) in [6.07, 6.45) is 0.722. The van der Waals surface area contributed by atoms with Crippen molar-refractivity contribution in [3.05, 3.63) is 47.7 Å². The molecule has 4 rings (SSSR count). The van der Waals surface area contributed by atoms with Crippen molar-refractivity contribution in [2.45, 2.75) is 31.5 Å². The molecule has 1 aromatic heterocycles. The van der Waals surface area contributed by atoms with Crippen LogP contribution in [0.4, 0.5) is 16.2 Å². The van der Waals surface area contributed by atoms with E-state index in [9.17, 15) is 14.3 Å². The average molecular weight is 413 g/mol. The summed E-state index contributed by atoms with van der Waals surface area (Å²) in [5.41, 5.74) is 1.46. The first-order valence-corrected chi connectivity index (χ1v) is 10.5. The van der Waals surface area contributed by atoms with Crippen LogP contribution in [0.25, 0.3) is 0 Å². The Bertz CT molecular complexity index is 867. The smallest absolute Gasteiger partial charge is 0.270 e. The maximum Gasteiger partial charge on any atom is 0.270 e. The first kappa shape index (κ1) is 20.5. The minimum Gasteiger partial charge on any atom is -0.388 e. The van der Waals surface area contributed by atoms with E-state index in [1.54, 1.807) is 11.0 Å². The number of hydrogen-bond acceptors (Lipinski definition) is 6. The molecular formula is C22H28FN5O2. The van der Waals surface area contributed by atoms with Gasteiger partial charge in [0.1, 0.15) is 23.8 Å². The number of β-amino-alcohol motifs (C(OH)–C–C–N with tert-alkyl or cyclic N) is 1. The molecule has 2 fully saturated rings. The molecule has 2 aliphatic rings. The number of nitrogens with zero attached hydrogens (tertiary/aromatic N) is 4. The monoisotopic (exact) mass is 413 g/mol. The van der Waals surface area contributed by atoms with E-state index in [4.69, 9.17) is 0 Å². The summed E-state index contributed by atoms with van der Waals surface area (Å²) in [4.78, 5) is 25.3. The number of rotatable bonds is 8. The fourth-order valence-electron chi connectivity index (χ4n) is 3.50. The van der Waals surface area contributed by atoms with E-state index in [0.29, 0.717) is 30.8 Å². The highest BCUT2D eigenvalue weighted by molar-refractivity contribution is 5.93. The standard InChI is InChI=1S/C22H28FN5O2/c1-27(10-9-15-5-3-2-4-6-15)22-25-18(21(30)24-12-16-7-8-16)11-20(26-22)28-13-17(23)19(29)14-28/h2-6,11,16-17,19,29H,7-10,12-14H2,1H3,(H,24,30). The van der Waals surface area contributed by atoms with Gasteiger partial charge in [-0.15, -0.1) is 0 Å². The van der Waals surface area contributed by atoms with Gasteiger partial charge in [-0.05, 0) is 30.7 Å². The maximum atomic E-state index is 13.9. The lowest BCUT2D eigenvalue weighted by molar-refractivity contribution is 0.0946. The van der Waals surface area contributed by atoms with E-state index in [1.807, 2.05) is 30.1 Å². The van der Waals surface area contributed by atoms with Crippen molar-refractivity contribution in [2.24, 2.45) is 5.92 Å². The zero-order valence-corrected chi connectivity index (χ0v) is 17.2. The Hall–Kier alpha value is -2.74. The number of anilines is 2. The molecule has 1 aliphatic carbocycles. The number of halogens is 1. The first-order valence-electron chi connectivity index (χ1n) is 10.5. The summed E-state index contributed by atoms with van der Waals surface area (Å²) in [6, 6.07) is 11.7. The highest BCUT2D eigenvalue weighted by atomic mass is 19.1. The second-order valence-electron chi connectivity index (χ2n) is 8.21. The van der Waals surface area contributed by atoms with Gasteiger partial charge in [0, 0.05) is 32.7 Å². The molecule has 1 aromatic carbocycles. The molecule has 8 heteroatoms. The van der Waals surface area contributed by atoms with Gasteiger partial charge in [-0.1, -0.05) is 30.3 Å². The predicted octanol–water partition coefficient (Wildman–Crippen LogP) is 1.81. The van der Waals surface area contributed by atoms with Gasteiger partial charge >= 0.3 is 0 Å². The van der Waals surface area contributed by atoms with Crippen molar-refractivity contribution in [3.63, 3.8) is 0 Å². The molecule has 30 heavy (non-hydrogen) atoms. The van der Waals surface area contributed by atoms with E-state index < -0.39 is 12.3 Å². The van der Waals surface area contributed by atoms with Gasteiger partial charge in [0.05, 0.1) is 6.54 Å². The molecular weight excluding hydrogens is 385 g/mol. The number of aliphatic hydroxyl groups excluding tert-OH is 1. The van der Waals surface area contributed by atoms with Crippen molar-refractivity contribution in [1.29, 1.82) is 0 Å². The fraction of sp³-hybridized carbons (Fsp3) is 0.500. The van der Waals surface area contributed by atoms with Gasteiger partial charge in [-0.3, -0.25) is 4.79 Å². The average Bonchev–Trinajstić information content (AvgIpc) is 3.54. The number of alkyl halides is 1. The van der Waals surface area contributed by atoms with E-state index in [2.05, 4.69) is 27.4 Å². The Morgan fingerprint density at radius 2 is 2.03 bits per heavy atom. The molecule has 1 saturated heterocycles. The van der Waals surface area contributed by atoms with Crippen LogP contribution in [0.1, 0.15) is 28.9 Å². The SMILES string of the molecule is CN(CCc1ccccc1)c1nc(C(=O)NCC2CC2)cc(N2CC(O)C(F)C2)n1. The summed E-state index contributed by atoms with van der Waals surface area (Å²) >= 11 is 0. The van der Waals surface area contributed by atoms with Gasteiger partial charge in [0.2, 0.25) is 5.95 Å². The minimum absolute atomic E-state index is 0.0501. The van der Waals surface area contributed by atoms with Crippen LogP contribution in [0.2, 0.25) is 0 Å². The lowest BCUT2D eigenvalue weighted by atomic mass is 10.1. The molecule has 0 bridgehead atoms. The lowest BCUT2D eigenvalue weighted by Crippen LogP contribution is -2.30. The number of carbonyl (C=O) groups excluding carboxylic acids is 1. The van der Waals surface area contributed by atoms with Gasteiger partial charge < -0.3 is 20.2 Å². The third-order valence-electron chi connectivity index (χ3n) is 5.65. The van der Waals surface area contributed by atoms with Gasteiger partial charge in [0.25, 0.3) is 5.91 Å². The Morgan fingerprint density at radius 3 is 2.70 bits per heavy atom. The molecule has 2 atom stereocenters. The molecule has 0 radical (unpaired) electrons. The van der Waals surface area contributed by atoms with Crippen molar-refractivity contribution < 1.29 is 14.3 Å². The highest BCUT2D eigenvalue weighted by Gasteiger charge is 2.33. The summed E-state index contributed by atoms with van der Waals surface area (Å²) in [6.45, 7) is 1.51. The van der Waals surface area contributed by atoms with Gasteiger partial charge in [-0.25, -0.2) is 9.37 Å². The van der Waals surface area contributed by atoms with Crippen LogP contribution in [0.5, 0.6) is 0 Å². The van der Waals surface area contributed by atoms with Crippen LogP contribution in [0.15, 0.2) is 36.4 Å². The molecule has 1 aliphatic heterocycles. The zero-order chi connectivity index (χ0) is 21.1. The number of likely N-dealkylation sites (N-methyl/N-ethyl adjacent to an activating group) is 1. The van der Waals surface area contributed by atoms with Crippen molar-refractivity contribution in [2.75, 3.05) is 43.0 Å². The molecule has 2 N–H and O–H groups in total. The Balaban J connectivity index is 1.53. The van der Waals surface area contributed by atoms with Crippen molar-refractivity contribution >= 4 is 17.7 Å². The van der Waals surface area contributed by atoms with E-state index >= 15 is 0 Å². The van der Waals surface area contributed by atoms with E-state index in [1.165, 1.54) is 5.56 Å². The molecule has 1 saturated carbocycles. The number of nitrogens with one attached hydrogen (secondary N) is 1. The van der Waals surface area contributed by atoms with Crippen molar-refractivity contribution in [1.82, 2.24) is 15.3 Å². The lowest BCUT2D eigenvalue weighted by Gasteiger charge is -2.22. The van der Waals surface area contributed by atoms with Crippen molar-refractivity contribution in [3.8, 4) is 0 Å². The number of aromatic nitrogens is 2. The molecule has 7 nitrogen and oxygen atoms in total. The number of amides is 1. The number of aliphatic hydroxyl groups is 1. The Kier molecular flexibility index (Phi) is 6.13. The summed E-state index contributed by atoms with van der Waals surface area (Å²) in [5, 5.41) is 12.7. The number of hydrogen-bond donors (Lipinski definition) is 2. The normalized spacial score (nSPS) is 21.0. The van der Waals surface area contributed by atoms with Crippen LogP contribution in [-0.2, 0) is 6.42 Å². The largest absolute Gasteiger partial charge is 0.388 e. The van der Waals surface area contributed by atoms with Gasteiger partial charge in [0.15, 0.2) is 0 Å². The third kappa shape index (κ3) is 5.05. The van der Waals surface area contributed by atoms with Crippen LogP contribution < -0.4 is 15.1 Å². The molecule has 1 amide bonds. The number of benzene rings is 1. The Labute approximate surface area is 175 Å². The second-order valence-corrected chi connectivity index (χ2v) is 8.21. The van der Waals surface area contributed by atoms with Gasteiger partial charge in [-0.2, -0.15) is 4.98 Å². The highest BCUT2D eigenvalue weighted by Crippen LogP contribution is 2.28. The van der Waals surface area contributed by atoms with Crippen LogP contribution in [-0.4, -0.2) is 66.5 Å². The van der Waals surface area contributed by atoms with Crippen LogP contribution in [0, 0.1) is 5.92 Å². The zero-order valence-electron chi connectivity index (χ0n) is 17.2. The summed E-state index contributed by atoms with van der Waals surface area (Å²) < 4.78 is 13.9. The topological polar surface area (TPSA) is 81.6 Å². The van der Waals surface area contributed by atoms with Crippen LogP contribution in [0.3, 0.4) is 0 Å². The predicted molar refractivity (Wildman–Crippen MR) is 114 cm³/mol. The summed E-state index contributed by atoms with van der Waals surface area (Å²) in [5.74, 6) is 1.18. The molecule has 2 heterocycles. The third-order valence-corrected chi connectivity index (χ3v) is 5.65. The molecule has 2 aromatic rings. The first-order chi connectivity index (χ1) is 14.5. The summed E-state index contributed by atoms with van der Waals surface area (Å²) in [7, 11) is 1.88. The molecule has 0 spiro atoms. The van der Waals surface area contributed by atoms with E-state index in [0.717, 1.165) is 19.3 Å². The minimum atomic E-state index is -1.33.